The molecule has 15 heteroatoms. The van der Waals surface area contributed by atoms with Crippen LogP contribution in [0.4, 0.5) is 19.7 Å². The van der Waals surface area contributed by atoms with Crippen molar-refractivity contribution in [2.75, 3.05) is 23.3 Å². The van der Waals surface area contributed by atoms with Crippen LogP contribution in [0.3, 0.4) is 0 Å². The van der Waals surface area contributed by atoms with Crippen molar-refractivity contribution in [2.24, 2.45) is 0 Å². The number of ether oxygens (including phenoxy) is 1. The number of hydrogen-bond acceptors (Lipinski definition) is 11. The number of amides is 2. The Balaban J connectivity index is 0.987. The fourth-order valence-corrected chi connectivity index (χ4v) is 5.88. The lowest BCUT2D eigenvalue weighted by Crippen LogP contribution is -2.43. The van der Waals surface area contributed by atoms with Gasteiger partial charge in [0.05, 0.1) is 24.4 Å². The van der Waals surface area contributed by atoms with Gasteiger partial charge in [0, 0.05) is 61.6 Å². The number of rotatable bonds is 10. The van der Waals surface area contributed by atoms with Crippen LogP contribution in [-0.4, -0.2) is 67.3 Å². The number of alkyl halides is 2. The van der Waals surface area contributed by atoms with Crippen molar-refractivity contribution in [2.45, 2.75) is 57.1 Å². The topological polar surface area (TPSA) is 148 Å². The van der Waals surface area contributed by atoms with Crippen LogP contribution in [-0.2, 0) is 17.8 Å². The number of aromatic nitrogens is 6. The van der Waals surface area contributed by atoms with E-state index in [0.717, 1.165) is 12.1 Å². The molecule has 1 aliphatic carbocycles. The van der Waals surface area contributed by atoms with Gasteiger partial charge in [-0.05, 0) is 37.6 Å². The fourth-order valence-electron chi connectivity index (χ4n) is 5.08. The van der Waals surface area contributed by atoms with Gasteiger partial charge in [0.15, 0.2) is 5.82 Å². The Morgan fingerprint density at radius 3 is 2.70 bits per heavy atom. The van der Waals surface area contributed by atoms with E-state index < -0.39 is 12.0 Å². The first-order valence-electron chi connectivity index (χ1n) is 14.1. The molecular formula is C29H29F2N9O3S. The molecule has 0 unspecified atom stereocenters. The maximum absolute atomic E-state index is 13.1. The van der Waals surface area contributed by atoms with Crippen molar-refractivity contribution in [1.82, 2.24) is 35.7 Å². The average molecular weight is 622 g/mol. The molecule has 0 spiro atoms. The first-order chi connectivity index (χ1) is 21.2. The van der Waals surface area contributed by atoms with Crippen molar-refractivity contribution in [3.63, 3.8) is 0 Å². The quantitative estimate of drug-likeness (QED) is 0.269. The molecular weight excluding hydrogens is 592 g/mol. The van der Waals surface area contributed by atoms with E-state index in [4.69, 9.17) is 4.74 Å². The Morgan fingerprint density at radius 2 is 1.95 bits per heavy atom. The van der Waals surface area contributed by atoms with Crippen LogP contribution < -0.4 is 20.3 Å². The highest BCUT2D eigenvalue weighted by Crippen LogP contribution is 2.40. The van der Waals surface area contributed by atoms with E-state index in [2.05, 4.69) is 45.9 Å². The number of anilines is 2. The van der Waals surface area contributed by atoms with Crippen molar-refractivity contribution < 1.29 is 23.1 Å². The summed E-state index contributed by atoms with van der Waals surface area (Å²) in [6, 6.07) is 12.3. The summed E-state index contributed by atoms with van der Waals surface area (Å²) in [5.41, 5.74) is 2.68. The molecule has 2 N–H and O–H groups in total. The molecule has 1 saturated carbocycles. The second-order valence-corrected chi connectivity index (χ2v) is 11.8. The third-order valence-corrected chi connectivity index (χ3v) is 8.25. The lowest BCUT2D eigenvalue weighted by molar-refractivity contribution is -0.134. The summed E-state index contributed by atoms with van der Waals surface area (Å²) < 4.78 is 31.9. The van der Waals surface area contributed by atoms with Gasteiger partial charge in [0.25, 0.3) is 11.8 Å². The normalized spacial score (nSPS) is 17.6. The molecule has 0 bridgehead atoms. The van der Waals surface area contributed by atoms with Crippen LogP contribution in [0.5, 0.6) is 5.75 Å². The molecule has 2 amide bonds. The summed E-state index contributed by atoms with van der Waals surface area (Å²) in [4.78, 5) is 35.7. The van der Waals surface area contributed by atoms with Crippen molar-refractivity contribution >= 4 is 34.1 Å². The highest BCUT2D eigenvalue weighted by Gasteiger charge is 2.47. The molecule has 4 aromatic rings. The average Bonchev–Trinajstić information content (AvgIpc) is 3.66. The van der Waals surface area contributed by atoms with Gasteiger partial charge in [0.2, 0.25) is 16.0 Å². The van der Waals surface area contributed by atoms with E-state index >= 15 is 0 Å². The van der Waals surface area contributed by atoms with Crippen molar-refractivity contribution in [1.29, 1.82) is 0 Å². The van der Waals surface area contributed by atoms with Crippen LogP contribution in [0.25, 0.3) is 0 Å². The molecule has 0 aromatic carbocycles. The van der Waals surface area contributed by atoms with E-state index in [1.807, 2.05) is 12.1 Å². The first-order valence-corrected chi connectivity index (χ1v) is 14.9. The molecule has 2 aliphatic rings. The van der Waals surface area contributed by atoms with E-state index in [1.54, 1.807) is 43.5 Å². The lowest BCUT2D eigenvalue weighted by atomic mass is 9.91. The summed E-state index contributed by atoms with van der Waals surface area (Å²) in [7, 11) is 0. The number of hydrogen-bond donors (Lipinski definition) is 2. The predicted molar refractivity (Wildman–Crippen MR) is 157 cm³/mol. The molecule has 6 rings (SSSR count). The number of nitrogens with one attached hydrogen (secondary N) is 2. The standard InChI is InChI=1S/C29H29F2N9O3S/c1-17-10-21(43-22-13-29(30,31)14-22)11-20(34-17)15-33-26(42)27-38-39-28(44-27)40-9-7-18(16-40)23-5-6-24(37-36-23)35-25(41)12-19-4-2-3-8-32-19/h2-6,8,10-11,18,22H,7,9,12-16H2,1H3,(H,33,42)(H,35,37,41)/t18-/m1/s1. The second-order valence-electron chi connectivity index (χ2n) is 10.8. The monoisotopic (exact) mass is 621 g/mol. The number of aryl methyl sites for hydroxylation is 1. The van der Waals surface area contributed by atoms with Gasteiger partial charge in [-0.3, -0.25) is 19.6 Å². The summed E-state index contributed by atoms with van der Waals surface area (Å²) in [5.74, 6) is -2.34. The van der Waals surface area contributed by atoms with E-state index in [1.165, 1.54) is 11.3 Å². The SMILES string of the molecule is Cc1cc(OC2CC(F)(F)C2)cc(CNC(=O)c2nnc(N3CC[C@@H](c4ccc(NC(=O)Cc5ccccn5)nn4)C3)s2)n1. The lowest BCUT2D eigenvalue weighted by Gasteiger charge is -2.34. The smallest absolute Gasteiger partial charge is 0.282 e. The molecule has 1 atom stereocenters. The summed E-state index contributed by atoms with van der Waals surface area (Å²) in [6.45, 7) is 3.25. The Labute approximate surface area is 255 Å². The molecule has 12 nitrogen and oxygen atoms in total. The van der Waals surface area contributed by atoms with Crippen LogP contribution >= 0.6 is 11.3 Å². The molecule has 1 aliphatic heterocycles. The summed E-state index contributed by atoms with van der Waals surface area (Å²) >= 11 is 1.19. The first kappa shape index (κ1) is 29.4. The zero-order valence-corrected chi connectivity index (χ0v) is 24.6. The Hall–Kier alpha value is -4.66. The molecule has 2 fully saturated rings. The predicted octanol–water partition coefficient (Wildman–Crippen LogP) is 3.71. The van der Waals surface area contributed by atoms with E-state index in [-0.39, 0.29) is 48.5 Å². The molecule has 228 valence electrons. The van der Waals surface area contributed by atoms with Gasteiger partial charge in [-0.25, -0.2) is 8.78 Å². The van der Waals surface area contributed by atoms with Crippen LogP contribution in [0.2, 0.25) is 0 Å². The highest BCUT2D eigenvalue weighted by molar-refractivity contribution is 7.17. The Kier molecular flexibility index (Phi) is 8.37. The maximum Gasteiger partial charge on any atom is 0.282 e. The number of carbonyl (C=O) groups excluding carboxylic acids is 2. The van der Waals surface area contributed by atoms with Gasteiger partial charge in [-0.1, -0.05) is 17.4 Å². The largest absolute Gasteiger partial charge is 0.490 e. The van der Waals surface area contributed by atoms with E-state index in [0.29, 0.717) is 46.9 Å². The van der Waals surface area contributed by atoms with E-state index in [9.17, 15) is 18.4 Å². The summed E-state index contributed by atoms with van der Waals surface area (Å²) in [6.07, 6.45) is 1.48. The minimum atomic E-state index is -2.67. The fraction of sp³-hybridized carbons (Fsp3) is 0.379. The summed E-state index contributed by atoms with van der Waals surface area (Å²) in [5, 5.41) is 23.2. The van der Waals surface area contributed by atoms with Gasteiger partial charge in [-0.15, -0.1) is 15.3 Å². The van der Waals surface area contributed by atoms with Crippen molar-refractivity contribution in [3.05, 3.63) is 76.4 Å². The molecule has 1 saturated heterocycles. The van der Waals surface area contributed by atoms with Crippen LogP contribution in [0, 0.1) is 6.92 Å². The van der Waals surface area contributed by atoms with Gasteiger partial charge < -0.3 is 20.3 Å². The number of carbonyl (C=O) groups is 2. The molecule has 0 radical (unpaired) electrons. The molecule has 4 aromatic heterocycles. The zero-order valence-electron chi connectivity index (χ0n) is 23.7. The minimum Gasteiger partial charge on any atom is -0.490 e. The highest BCUT2D eigenvalue weighted by atomic mass is 32.1. The van der Waals surface area contributed by atoms with Gasteiger partial charge in [0.1, 0.15) is 11.9 Å². The van der Waals surface area contributed by atoms with Gasteiger partial charge in [-0.2, -0.15) is 5.10 Å². The third kappa shape index (κ3) is 7.27. The zero-order chi connectivity index (χ0) is 30.7. The number of nitrogens with zero attached hydrogens (tertiary/aromatic N) is 7. The Bertz CT molecular complexity index is 1630. The van der Waals surface area contributed by atoms with Crippen LogP contribution in [0.1, 0.15) is 57.8 Å². The maximum atomic E-state index is 13.1. The number of pyridine rings is 2. The number of halogens is 2. The second kappa shape index (κ2) is 12.5. The Morgan fingerprint density at radius 1 is 1.09 bits per heavy atom. The molecule has 44 heavy (non-hydrogen) atoms. The molecule has 5 heterocycles. The minimum absolute atomic E-state index is 0.108. The van der Waals surface area contributed by atoms with Crippen molar-refractivity contribution in [3.8, 4) is 5.75 Å². The van der Waals surface area contributed by atoms with Gasteiger partial charge >= 0.3 is 0 Å². The van der Waals surface area contributed by atoms with Crippen LogP contribution in [0.15, 0.2) is 48.7 Å². The third-order valence-electron chi connectivity index (χ3n) is 7.27.